The van der Waals surface area contributed by atoms with Crippen LogP contribution in [0.1, 0.15) is 38.3 Å². The Kier molecular flexibility index (Phi) is 6.00. The van der Waals surface area contributed by atoms with E-state index in [4.69, 9.17) is 13.9 Å². The summed E-state index contributed by atoms with van der Waals surface area (Å²) < 4.78 is 20.0. The minimum absolute atomic E-state index is 0.143. The normalized spacial score (nSPS) is 19.7. The summed E-state index contributed by atoms with van der Waals surface area (Å²) in [7, 11) is -0.198. The average molecular weight is 463 g/mol. The number of rotatable bonds is 5. The highest BCUT2D eigenvalue weighted by Crippen LogP contribution is 2.42. The number of hydrogen-bond donors (Lipinski definition) is 0. The predicted molar refractivity (Wildman–Crippen MR) is 121 cm³/mol. The van der Waals surface area contributed by atoms with Crippen LogP contribution in [0.15, 0.2) is 46.9 Å². The third-order valence-electron chi connectivity index (χ3n) is 6.09. The van der Waals surface area contributed by atoms with Crippen molar-refractivity contribution in [1.29, 1.82) is 0 Å². The van der Waals surface area contributed by atoms with Gasteiger partial charge in [-0.15, -0.1) is 0 Å². The lowest BCUT2D eigenvalue weighted by Crippen LogP contribution is -2.45. The van der Waals surface area contributed by atoms with Crippen molar-refractivity contribution in [2.75, 3.05) is 7.11 Å². The zero-order valence-electron chi connectivity index (χ0n) is 17.8. The molecule has 1 unspecified atom stereocenters. The lowest BCUT2D eigenvalue weighted by Gasteiger charge is -2.40. The smallest absolute Gasteiger partial charge is 0.250 e. The van der Waals surface area contributed by atoms with E-state index in [-0.39, 0.29) is 5.04 Å². The molecule has 1 atom stereocenters. The third kappa shape index (κ3) is 4.31. The number of halogens is 1. The van der Waals surface area contributed by atoms with Crippen LogP contribution in [-0.4, -0.2) is 21.2 Å². The fourth-order valence-corrected chi connectivity index (χ4v) is 4.78. The maximum atomic E-state index is 6.64. The van der Waals surface area contributed by atoms with Crippen LogP contribution in [0, 0.1) is 0 Å². The van der Waals surface area contributed by atoms with Crippen LogP contribution in [0.3, 0.4) is 0 Å². The Balaban J connectivity index is 1.90. The number of hydrogen-bond acceptors (Lipinski definition) is 3. The zero-order chi connectivity index (χ0) is 20.6. The van der Waals surface area contributed by atoms with Gasteiger partial charge in [0.25, 0.3) is 0 Å². The van der Waals surface area contributed by atoms with E-state index in [0.717, 1.165) is 34.4 Å². The van der Waals surface area contributed by atoms with E-state index in [9.17, 15) is 0 Å². The maximum Gasteiger partial charge on any atom is 0.250 e. The molecular weight excluding hydrogens is 432 g/mol. The van der Waals surface area contributed by atoms with Crippen molar-refractivity contribution in [2.24, 2.45) is 0 Å². The summed E-state index contributed by atoms with van der Waals surface area (Å²) in [5.74, 6) is 1.15. The summed E-state index contributed by atoms with van der Waals surface area (Å²) in [6.45, 7) is 11.3. The van der Waals surface area contributed by atoms with Gasteiger partial charge >= 0.3 is 0 Å². The molecule has 0 aromatic heterocycles. The quantitative estimate of drug-likeness (QED) is 0.460. The number of para-hydroxylation sites is 2. The van der Waals surface area contributed by atoms with E-state index in [0.29, 0.717) is 6.42 Å². The van der Waals surface area contributed by atoms with Gasteiger partial charge in [-0.3, -0.25) is 0 Å². The molecule has 0 radical (unpaired) electrons. The van der Waals surface area contributed by atoms with Crippen LogP contribution < -0.4 is 9.16 Å². The van der Waals surface area contributed by atoms with E-state index in [2.05, 4.69) is 80.1 Å². The van der Waals surface area contributed by atoms with Gasteiger partial charge in [0, 0.05) is 20.0 Å². The summed E-state index contributed by atoms with van der Waals surface area (Å²) >= 11 is 3.62. The number of methoxy groups -OCH3 is 1. The second-order valence-corrected chi connectivity index (χ2v) is 14.7. The fraction of sp³-hybridized carbons (Fsp3) is 0.478. The van der Waals surface area contributed by atoms with Crippen LogP contribution >= 0.6 is 15.9 Å². The molecule has 5 heteroatoms. The Morgan fingerprint density at radius 1 is 1.11 bits per heavy atom. The van der Waals surface area contributed by atoms with Gasteiger partial charge in [-0.05, 0) is 63.7 Å². The Hall–Kier alpha value is -1.30. The number of benzene rings is 2. The van der Waals surface area contributed by atoms with Gasteiger partial charge in [0.2, 0.25) is 14.1 Å². The van der Waals surface area contributed by atoms with Crippen LogP contribution in [0.25, 0.3) is 0 Å². The van der Waals surface area contributed by atoms with Gasteiger partial charge < -0.3 is 13.9 Å². The minimum Gasteiger partial charge on any atom is -0.543 e. The zero-order valence-corrected chi connectivity index (χ0v) is 20.4. The van der Waals surface area contributed by atoms with Gasteiger partial charge in [0.1, 0.15) is 11.5 Å². The molecule has 3 rings (SSSR count). The molecule has 0 saturated heterocycles. The van der Waals surface area contributed by atoms with Crippen molar-refractivity contribution in [3.8, 4) is 11.5 Å². The van der Waals surface area contributed by atoms with E-state index in [1.54, 1.807) is 7.11 Å². The lowest BCUT2D eigenvalue weighted by molar-refractivity contribution is -0.174. The monoisotopic (exact) mass is 462 g/mol. The molecule has 3 nitrogen and oxygen atoms in total. The first-order valence-electron chi connectivity index (χ1n) is 9.85. The highest BCUT2D eigenvalue weighted by atomic mass is 79.9. The lowest BCUT2D eigenvalue weighted by atomic mass is 9.94. The second-order valence-electron chi connectivity index (χ2n) is 9.09. The van der Waals surface area contributed by atoms with Crippen molar-refractivity contribution < 1.29 is 13.9 Å². The summed E-state index contributed by atoms with van der Waals surface area (Å²) in [5, 5.41) is 0.143. The molecule has 0 N–H and O–H groups in total. The molecule has 0 aliphatic carbocycles. The number of fused-ring (bicyclic) bond motifs is 1. The molecular formula is C23H31BrO3Si. The van der Waals surface area contributed by atoms with Crippen LogP contribution in [0.2, 0.25) is 18.1 Å². The van der Waals surface area contributed by atoms with Gasteiger partial charge in [-0.1, -0.05) is 51.1 Å². The molecule has 1 aliphatic heterocycles. The molecule has 0 bridgehead atoms. The molecule has 1 heterocycles. The van der Waals surface area contributed by atoms with E-state index in [1.165, 1.54) is 5.56 Å². The van der Waals surface area contributed by atoms with E-state index < -0.39 is 14.1 Å². The number of ether oxygens (including phenoxy) is 2. The Morgan fingerprint density at radius 2 is 1.82 bits per heavy atom. The first-order valence-corrected chi connectivity index (χ1v) is 13.6. The van der Waals surface area contributed by atoms with Gasteiger partial charge in [-0.25, -0.2) is 0 Å². The molecule has 0 spiro atoms. The minimum atomic E-state index is -1.93. The first kappa shape index (κ1) is 21.4. The van der Waals surface area contributed by atoms with E-state index in [1.807, 2.05) is 12.1 Å². The van der Waals surface area contributed by atoms with Crippen molar-refractivity contribution in [2.45, 2.75) is 64.0 Å². The standard InChI is InChI=1S/C23H31BrO3Si/c1-22(2,3)28(5,6)27-20-13-8-7-10-18(20)16-23(25-4)15-14-17-11-9-12-19(24)21(17)26-23/h7-13H,14-16H2,1-6H3. The molecule has 152 valence electrons. The van der Waals surface area contributed by atoms with E-state index >= 15 is 0 Å². The SMILES string of the molecule is COC1(Cc2ccccc2O[Si](C)(C)C(C)(C)C)CCc2cccc(Br)c2O1. The maximum absolute atomic E-state index is 6.64. The molecule has 28 heavy (non-hydrogen) atoms. The largest absolute Gasteiger partial charge is 0.543 e. The van der Waals surface area contributed by atoms with Crippen molar-refractivity contribution in [3.63, 3.8) is 0 Å². The molecule has 0 saturated carbocycles. The Bertz CT molecular complexity index is 844. The Morgan fingerprint density at radius 3 is 2.50 bits per heavy atom. The highest BCUT2D eigenvalue weighted by Gasteiger charge is 2.41. The van der Waals surface area contributed by atoms with Crippen LogP contribution in [-0.2, 0) is 17.6 Å². The molecule has 0 amide bonds. The van der Waals surface area contributed by atoms with Gasteiger partial charge in [0.05, 0.1) is 4.47 Å². The van der Waals surface area contributed by atoms with Crippen molar-refractivity contribution >= 4 is 24.2 Å². The van der Waals surface area contributed by atoms with Crippen molar-refractivity contribution in [1.82, 2.24) is 0 Å². The highest BCUT2D eigenvalue weighted by molar-refractivity contribution is 9.10. The van der Waals surface area contributed by atoms with Crippen LogP contribution in [0.5, 0.6) is 11.5 Å². The second kappa shape index (κ2) is 7.85. The fourth-order valence-electron chi connectivity index (χ4n) is 3.23. The number of aryl methyl sites for hydroxylation is 1. The predicted octanol–water partition coefficient (Wildman–Crippen LogP) is 6.74. The van der Waals surface area contributed by atoms with Crippen molar-refractivity contribution in [3.05, 3.63) is 58.1 Å². The molecule has 2 aromatic rings. The third-order valence-corrected chi connectivity index (χ3v) is 11.1. The first-order chi connectivity index (χ1) is 13.1. The topological polar surface area (TPSA) is 27.7 Å². The molecule has 1 aliphatic rings. The van der Waals surface area contributed by atoms with Crippen LogP contribution in [0.4, 0.5) is 0 Å². The summed E-state index contributed by atoms with van der Waals surface area (Å²) in [6.07, 6.45) is 2.38. The molecule has 0 fully saturated rings. The van der Waals surface area contributed by atoms with Gasteiger partial charge in [0.15, 0.2) is 0 Å². The summed E-state index contributed by atoms with van der Waals surface area (Å²) in [4.78, 5) is 0. The molecule has 2 aromatic carbocycles. The summed E-state index contributed by atoms with van der Waals surface area (Å²) in [5.41, 5.74) is 2.34. The Labute approximate surface area is 178 Å². The summed E-state index contributed by atoms with van der Waals surface area (Å²) in [6, 6.07) is 14.5. The average Bonchev–Trinajstić information content (AvgIpc) is 2.63. The van der Waals surface area contributed by atoms with Gasteiger partial charge in [-0.2, -0.15) is 0 Å².